The number of phenols is 1. The lowest BCUT2D eigenvalue weighted by Crippen LogP contribution is -2.31. The summed E-state index contributed by atoms with van der Waals surface area (Å²) >= 11 is 0. The second kappa shape index (κ2) is 6.80. The van der Waals surface area contributed by atoms with Gasteiger partial charge in [-0.2, -0.15) is 4.98 Å². The molecule has 8 heteroatoms. The van der Waals surface area contributed by atoms with Crippen molar-refractivity contribution in [1.82, 2.24) is 14.8 Å². The van der Waals surface area contributed by atoms with Crippen molar-refractivity contribution in [2.45, 2.75) is 32.2 Å². The van der Waals surface area contributed by atoms with E-state index in [4.69, 9.17) is 9.15 Å². The molecule has 1 atom stereocenters. The van der Waals surface area contributed by atoms with Crippen molar-refractivity contribution in [2.24, 2.45) is 0 Å². The summed E-state index contributed by atoms with van der Waals surface area (Å²) < 4.78 is 12.7. The first-order valence-electron chi connectivity index (χ1n) is 9.65. The molecule has 2 aliphatic rings. The van der Waals surface area contributed by atoms with E-state index < -0.39 is 6.04 Å². The Hall–Kier alpha value is -3.55. The average molecular weight is 392 g/mol. The largest absolute Gasteiger partial charge is 0.504 e. The van der Waals surface area contributed by atoms with Crippen LogP contribution in [-0.4, -0.2) is 32.3 Å². The summed E-state index contributed by atoms with van der Waals surface area (Å²) in [5.41, 5.74) is 2.36. The number of carbonyl (C=O) groups excluding carboxylic acids is 1. The highest BCUT2D eigenvalue weighted by Gasteiger charge is 2.37. The van der Waals surface area contributed by atoms with Gasteiger partial charge in [0.25, 0.3) is 0 Å². The van der Waals surface area contributed by atoms with Crippen molar-refractivity contribution in [3.8, 4) is 23.1 Å². The number of phenolic OH excluding ortho intramolecular Hbond substituents is 1. The highest BCUT2D eigenvalue weighted by Crippen LogP contribution is 2.42. The zero-order valence-corrected chi connectivity index (χ0v) is 15.9. The van der Waals surface area contributed by atoms with Crippen molar-refractivity contribution >= 4 is 11.7 Å². The summed E-state index contributed by atoms with van der Waals surface area (Å²) in [5.74, 6) is 2.08. The summed E-state index contributed by atoms with van der Waals surface area (Å²) in [6.07, 6.45) is 3.65. The monoisotopic (exact) mass is 392 g/mol. The molecule has 148 valence electrons. The Morgan fingerprint density at radius 1 is 1.34 bits per heavy atom. The second-order valence-electron chi connectivity index (χ2n) is 7.04. The fourth-order valence-electron chi connectivity index (χ4n) is 3.95. The maximum Gasteiger partial charge on any atom is 0.227 e. The van der Waals surface area contributed by atoms with Gasteiger partial charge in [0.05, 0.1) is 12.9 Å². The fourth-order valence-corrected chi connectivity index (χ4v) is 3.95. The Labute approximate surface area is 166 Å². The minimum Gasteiger partial charge on any atom is -0.504 e. The van der Waals surface area contributed by atoms with Gasteiger partial charge in [0.15, 0.2) is 23.0 Å². The number of hydrogen-bond acceptors (Lipinski definition) is 7. The third-order valence-electron chi connectivity index (χ3n) is 5.21. The van der Waals surface area contributed by atoms with Gasteiger partial charge in [-0.1, -0.05) is 6.07 Å². The quantitative estimate of drug-likeness (QED) is 0.698. The van der Waals surface area contributed by atoms with Crippen LogP contribution in [0.15, 0.2) is 52.3 Å². The molecule has 1 aliphatic carbocycles. The Balaban J connectivity index is 1.68. The number of nitrogens with one attached hydrogen (secondary N) is 1. The molecule has 29 heavy (non-hydrogen) atoms. The molecule has 2 aromatic heterocycles. The molecule has 3 aromatic rings. The number of ketones is 1. The standard InChI is InChI=1S/C21H20N4O4/c1-2-28-17-11-12(8-9-14(17)26)19-18-13(5-3-6-15(18)27)22-21-23-20(24-25(19)21)16-7-4-10-29-16/h4,7-11,19,26H,2-3,5-6H2,1H3,(H,22,23,24). The van der Waals surface area contributed by atoms with Gasteiger partial charge >= 0.3 is 0 Å². The average Bonchev–Trinajstić information content (AvgIpc) is 3.38. The van der Waals surface area contributed by atoms with Gasteiger partial charge in [-0.25, -0.2) is 4.68 Å². The molecule has 1 aromatic carbocycles. The third kappa shape index (κ3) is 2.88. The van der Waals surface area contributed by atoms with Crippen LogP contribution in [0.1, 0.15) is 37.8 Å². The second-order valence-corrected chi connectivity index (χ2v) is 7.04. The number of aromatic nitrogens is 3. The molecule has 2 N–H and O–H groups in total. The van der Waals surface area contributed by atoms with Crippen molar-refractivity contribution < 1.29 is 19.1 Å². The molecule has 0 bridgehead atoms. The Kier molecular flexibility index (Phi) is 4.12. The zero-order chi connectivity index (χ0) is 20.0. The topological polar surface area (TPSA) is 102 Å². The van der Waals surface area contributed by atoms with E-state index in [2.05, 4.69) is 15.4 Å². The Morgan fingerprint density at radius 3 is 3.03 bits per heavy atom. The number of nitrogens with zero attached hydrogens (tertiary/aromatic N) is 3. The summed E-state index contributed by atoms with van der Waals surface area (Å²) in [6, 6.07) is 8.26. The number of aromatic hydroxyl groups is 1. The van der Waals surface area contributed by atoms with Crippen LogP contribution in [0.5, 0.6) is 11.5 Å². The number of hydrogen-bond donors (Lipinski definition) is 2. The van der Waals surface area contributed by atoms with Crippen LogP contribution in [0.4, 0.5) is 5.95 Å². The highest BCUT2D eigenvalue weighted by molar-refractivity contribution is 5.99. The molecule has 1 aliphatic heterocycles. The molecule has 0 saturated carbocycles. The smallest absolute Gasteiger partial charge is 0.227 e. The number of carbonyl (C=O) groups is 1. The molecular formula is C21H20N4O4. The number of ether oxygens (including phenoxy) is 1. The number of fused-ring (bicyclic) bond motifs is 1. The summed E-state index contributed by atoms with van der Waals surface area (Å²) in [6.45, 7) is 2.28. The molecule has 8 nitrogen and oxygen atoms in total. The molecule has 0 fully saturated rings. The van der Waals surface area contributed by atoms with Gasteiger partial charge in [-0.05, 0) is 49.6 Å². The van der Waals surface area contributed by atoms with Gasteiger partial charge < -0.3 is 19.6 Å². The van der Waals surface area contributed by atoms with Crippen LogP contribution in [0.3, 0.4) is 0 Å². The Bertz CT molecular complexity index is 1110. The van der Waals surface area contributed by atoms with E-state index in [1.54, 1.807) is 41.3 Å². The Morgan fingerprint density at radius 2 is 2.24 bits per heavy atom. The lowest BCUT2D eigenvalue weighted by molar-refractivity contribution is -0.116. The molecule has 5 rings (SSSR count). The van der Waals surface area contributed by atoms with Crippen molar-refractivity contribution in [3.05, 3.63) is 53.4 Å². The number of benzene rings is 1. The van der Waals surface area contributed by atoms with Crippen molar-refractivity contribution in [1.29, 1.82) is 0 Å². The number of anilines is 1. The predicted molar refractivity (Wildman–Crippen MR) is 105 cm³/mol. The molecule has 1 unspecified atom stereocenters. The molecule has 0 amide bonds. The van der Waals surface area contributed by atoms with Crippen LogP contribution in [0.25, 0.3) is 11.6 Å². The zero-order valence-electron chi connectivity index (χ0n) is 15.9. The van der Waals surface area contributed by atoms with Crippen LogP contribution < -0.4 is 10.1 Å². The minimum atomic E-state index is -0.454. The van der Waals surface area contributed by atoms with Gasteiger partial charge in [-0.3, -0.25) is 4.79 Å². The summed E-state index contributed by atoms with van der Waals surface area (Å²) in [7, 11) is 0. The van der Waals surface area contributed by atoms with Gasteiger partial charge in [0, 0.05) is 17.7 Å². The lowest BCUT2D eigenvalue weighted by atomic mass is 9.85. The van der Waals surface area contributed by atoms with E-state index in [-0.39, 0.29) is 11.5 Å². The first-order chi connectivity index (χ1) is 14.2. The molecular weight excluding hydrogens is 372 g/mol. The van der Waals surface area contributed by atoms with E-state index in [1.807, 2.05) is 6.92 Å². The van der Waals surface area contributed by atoms with E-state index >= 15 is 0 Å². The van der Waals surface area contributed by atoms with Crippen LogP contribution >= 0.6 is 0 Å². The normalized spacial score (nSPS) is 18.2. The highest BCUT2D eigenvalue weighted by atomic mass is 16.5. The number of Topliss-reactive ketones (excluding diaryl/α,β-unsaturated/α-hetero) is 1. The SMILES string of the molecule is CCOc1cc(C2C3=C(CCCC3=O)Nc3nc(-c4ccco4)nn32)ccc1O. The van der Waals surface area contributed by atoms with E-state index in [1.165, 1.54) is 0 Å². The van der Waals surface area contributed by atoms with Gasteiger partial charge in [0.1, 0.15) is 6.04 Å². The predicted octanol–water partition coefficient (Wildman–Crippen LogP) is 3.66. The van der Waals surface area contributed by atoms with E-state index in [0.29, 0.717) is 41.9 Å². The first-order valence-corrected chi connectivity index (χ1v) is 9.65. The number of rotatable bonds is 4. The minimum absolute atomic E-state index is 0.0591. The van der Waals surface area contributed by atoms with Crippen LogP contribution in [-0.2, 0) is 4.79 Å². The van der Waals surface area contributed by atoms with E-state index in [0.717, 1.165) is 24.1 Å². The summed E-state index contributed by atoms with van der Waals surface area (Å²) in [5, 5.41) is 18.0. The van der Waals surface area contributed by atoms with Gasteiger partial charge in [0.2, 0.25) is 11.8 Å². The number of allylic oxidation sites excluding steroid dienone is 2. The molecule has 3 heterocycles. The maximum atomic E-state index is 12.9. The fraction of sp³-hybridized carbons (Fsp3) is 0.286. The van der Waals surface area contributed by atoms with Crippen LogP contribution in [0.2, 0.25) is 0 Å². The third-order valence-corrected chi connectivity index (χ3v) is 5.21. The molecule has 0 saturated heterocycles. The van der Waals surface area contributed by atoms with Crippen molar-refractivity contribution in [3.63, 3.8) is 0 Å². The van der Waals surface area contributed by atoms with Gasteiger partial charge in [-0.15, -0.1) is 5.10 Å². The van der Waals surface area contributed by atoms with E-state index in [9.17, 15) is 9.90 Å². The lowest BCUT2D eigenvalue weighted by Gasteiger charge is -2.32. The van der Waals surface area contributed by atoms with Crippen molar-refractivity contribution in [2.75, 3.05) is 11.9 Å². The van der Waals surface area contributed by atoms with Crippen LogP contribution in [0, 0.1) is 0 Å². The maximum absolute atomic E-state index is 12.9. The molecule has 0 spiro atoms. The molecule has 0 radical (unpaired) electrons. The first kappa shape index (κ1) is 17.5. The number of furan rings is 1. The summed E-state index contributed by atoms with van der Waals surface area (Å²) in [4.78, 5) is 17.5.